The van der Waals surface area contributed by atoms with Gasteiger partial charge < -0.3 is 10.4 Å². The molecule has 0 radical (unpaired) electrons. The third-order valence-electron chi connectivity index (χ3n) is 2.78. The van der Waals surface area contributed by atoms with Gasteiger partial charge in [-0.15, -0.1) is 0 Å². The molecule has 0 saturated carbocycles. The molecule has 114 valence electrons. The second-order valence-electron chi connectivity index (χ2n) is 4.62. The number of aryl methyl sites for hydroxylation is 1. The first-order chi connectivity index (χ1) is 10.0. The van der Waals surface area contributed by atoms with Gasteiger partial charge in [0.2, 0.25) is 0 Å². The lowest BCUT2D eigenvalue weighted by atomic mass is 10.3. The highest BCUT2D eigenvalue weighted by Crippen LogP contribution is 2.07. The van der Waals surface area contributed by atoms with Gasteiger partial charge in [-0.05, 0) is 0 Å². The van der Waals surface area contributed by atoms with Crippen LogP contribution in [-0.4, -0.2) is 53.8 Å². The smallest absolute Gasteiger partial charge is 0.306 e. The van der Waals surface area contributed by atoms with Crippen LogP contribution in [0.1, 0.15) is 5.82 Å². The first-order valence-corrected chi connectivity index (χ1v) is 6.44. The molecule has 0 spiro atoms. The molecule has 2 N–H and O–H groups in total. The number of nitrogens with one attached hydrogen (secondary N) is 1. The monoisotopic (exact) mass is 295 g/mol. The molecule has 2 aromatic rings. The van der Waals surface area contributed by atoms with E-state index in [-0.39, 0.29) is 12.2 Å². The standard InChI is InChI=1S/C11H17N7O3/c1-16-8-13-11(15-16)2-3-12-5-10(19)7-17-6-9(4-14-17)18(20)21/h4,6,8,10,12,19H,2-3,5,7H2,1H3. The normalized spacial score (nSPS) is 12.5. The molecule has 0 aliphatic carbocycles. The molecule has 21 heavy (non-hydrogen) atoms. The van der Waals surface area contributed by atoms with E-state index in [0.29, 0.717) is 19.5 Å². The summed E-state index contributed by atoms with van der Waals surface area (Å²) in [4.78, 5) is 14.1. The lowest BCUT2D eigenvalue weighted by Crippen LogP contribution is -2.31. The molecule has 10 nitrogen and oxygen atoms in total. The van der Waals surface area contributed by atoms with Gasteiger partial charge in [0.05, 0.1) is 17.6 Å². The van der Waals surface area contributed by atoms with Crippen molar-refractivity contribution in [1.82, 2.24) is 29.9 Å². The van der Waals surface area contributed by atoms with Crippen LogP contribution in [-0.2, 0) is 20.0 Å². The summed E-state index contributed by atoms with van der Waals surface area (Å²) in [5.41, 5.74) is -0.0867. The van der Waals surface area contributed by atoms with Crippen molar-refractivity contribution >= 4 is 5.69 Å². The fourth-order valence-corrected chi connectivity index (χ4v) is 1.79. The predicted molar refractivity (Wildman–Crippen MR) is 72.5 cm³/mol. The van der Waals surface area contributed by atoms with E-state index in [1.54, 1.807) is 18.1 Å². The van der Waals surface area contributed by atoms with E-state index >= 15 is 0 Å². The highest BCUT2D eigenvalue weighted by atomic mass is 16.6. The van der Waals surface area contributed by atoms with E-state index < -0.39 is 11.0 Å². The lowest BCUT2D eigenvalue weighted by Gasteiger charge is -2.11. The molecule has 10 heteroatoms. The Morgan fingerprint density at radius 3 is 3.00 bits per heavy atom. The number of aliphatic hydroxyl groups is 1. The maximum atomic E-state index is 10.5. The predicted octanol–water partition coefficient (Wildman–Crippen LogP) is -0.887. The molecule has 0 bridgehead atoms. The van der Waals surface area contributed by atoms with E-state index in [4.69, 9.17) is 0 Å². The quantitative estimate of drug-likeness (QED) is 0.368. The number of aromatic nitrogens is 5. The molecule has 0 saturated heterocycles. The molecule has 2 aromatic heterocycles. The van der Waals surface area contributed by atoms with Gasteiger partial charge >= 0.3 is 5.69 Å². The number of aliphatic hydroxyl groups excluding tert-OH is 1. The average Bonchev–Trinajstić information content (AvgIpc) is 3.04. The largest absolute Gasteiger partial charge is 0.390 e. The van der Waals surface area contributed by atoms with E-state index in [0.717, 1.165) is 12.0 Å². The van der Waals surface area contributed by atoms with Crippen molar-refractivity contribution in [3.05, 3.63) is 34.7 Å². The first kappa shape index (κ1) is 15.1. The van der Waals surface area contributed by atoms with Crippen molar-refractivity contribution in [2.24, 2.45) is 7.05 Å². The van der Waals surface area contributed by atoms with Crippen molar-refractivity contribution in [1.29, 1.82) is 0 Å². The minimum Gasteiger partial charge on any atom is -0.390 e. The minimum atomic E-state index is -0.679. The topological polar surface area (TPSA) is 124 Å². The van der Waals surface area contributed by atoms with E-state index in [1.807, 2.05) is 0 Å². The molecule has 0 fully saturated rings. The maximum Gasteiger partial charge on any atom is 0.306 e. The van der Waals surface area contributed by atoms with Crippen molar-refractivity contribution in [2.75, 3.05) is 13.1 Å². The molecule has 0 aliphatic heterocycles. The first-order valence-electron chi connectivity index (χ1n) is 6.44. The molecular formula is C11H17N7O3. The summed E-state index contributed by atoms with van der Waals surface area (Å²) in [6, 6.07) is 0. The van der Waals surface area contributed by atoms with Crippen LogP contribution in [0.2, 0.25) is 0 Å². The molecule has 0 aromatic carbocycles. The van der Waals surface area contributed by atoms with Crippen molar-refractivity contribution in [2.45, 2.75) is 19.1 Å². The van der Waals surface area contributed by atoms with E-state index in [2.05, 4.69) is 20.5 Å². The Morgan fingerprint density at radius 2 is 2.38 bits per heavy atom. The zero-order valence-corrected chi connectivity index (χ0v) is 11.6. The van der Waals surface area contributed by atoms with Crippen LogP contribution in [0.4, 0.5) is 5.69 Å². The van der Waals surface area contributed by atoms with Crippen LogP contribution in [0.5, 0.6) is 0 Å². The van der Waals surface area contributed by atoms with Crippen molar-refractivity contribution < 1.29 is 10.0 Å². The highest BCUT2D eigenvalue weighted by molar-refractivity contribution is 5.20. The van der Waals surface area contributed by atoms with Gasteiger partial charge in [0, 0.05) is 26.6 Å². The Hall–Kier alpha value is -2.33. The van der Waals surface area contributed by atoms with E-state index in [9.17, 15) is 15.2 Å². The van der Waals surface area contributed by atoms with Crippen LogP contribution in [0.15, 0.2) is 18.7 Å². The molecule has 1 unspecified atom stereocenters. The van der Waals surface area contributed by atoms with Crippen LogP contribution < -0.4 is 5.32 Å². The van der Waals surface area contributed by atoms with Crippen LogP contribution in [0.3, 0.4) is 0 Å². The van der Waals surface area contributed by atoms with Gasteiger partial charge in [-0.1, -0.05) is 0 Å². The molecule has 0 amide bonds. The third kappa shape index (κ3) is 4.61. The van der Waals surface area contributed by atoms with Gasteiger partial charge in [0.25, 0.3) is 0 Å². The molecule has 2 heterocycles. The summed E-state index contributed by atoms with van der Waals surface area (Å²) in [6.45, 7) is 1.20. The number of nitrogens with zero attached hydrogens (tertiary/aromatic N) is 6. The van der Waals surface area contributed by atoms with Crippen LogP contribution in [0, 0.1) is 10.1 Å². The Balaban J connectivity index is 1.67. The van der Waals surface area contributed by atoms with Crippen LogP contribution >= 0.6 is 0 Å². The lowest BCUT2D eigenvalue weighted by molar-refractivity contribution is -0.385. The fraction of sp³-hybridized carbons (Fsp3) is 0.545. The van der Waals surface area contributed by atoms with Crippen molar-refractivity contribution in [3.63, 3.8) is 0 Å². The summed E-state index contributed by atoms with van der Waals surface area (Å²) in [5, 5.41) is 31.4. The Bertz CT molecular complexity index is 594. The molecule has 0 aliphatic rings. The molecular weight excluding hydrogens is 278 g/mol. The summed E-state index contributed by atoms with van der Waals surface area (Å²) < 4.78 is 2.99. The molecule has 1 atom stereocenters. The van der Waals surface area contributed by atoms with Crippen molar-refractivity contribution in [3.8, 4) is 0 Å². The third-order valence-corrected chi connectivity index (χ3v) is 2.78. The van der Waals surface area contributed by atoms with E-state index in [1.165, 1.54) is 10.9 Å². The molecule has 2 rings (SSSR count). The zero-order valence-electron chi connectivity index (χ0n) is 11.6. The second-order valence-corrected chi connectivity index (χ2v) is 4.62. The van der Waals surface area contributed by atoms with Gasteiger partial charge in [-0.25, -0.2) is 4.98 Å². The number of rotatable bonds is 8. The highest BCUT2D eigenvalue weighted by Gasteiger charge is 2.11. The minimum absolute atomic E-state index is 0.0867. The Morgan fingerprint density at radius 1 is 1.57 bits per heavy atom. The van der Waals surface area contributed by atoms with Gasteiger partial charge in [-0.2, -0.15) is 10.2 Å². The summed E-state index contributed by atoms with van der Waals surface area (Å²) >= 11 is 0. The number of nitro groups is 1. The Labute approximate surface area is 120 Å². The zero-order chi connectivity index (χ0) is 15.2. The SMILES string of the molecule is Cn1cnc(CCNCC(O)Cn2cc([N+](=O)[O-])cn2)n1. The summed E-state index contributed by atoms with van der Waals surface area (Å²) in [7, 11) is 1.80. The number of hydrogen-bond acceptors (Lipinski definition) is 7. The fourth-order valence-electron chi connectivity index (χ4n) is 1.79. The number of hydrogen-bond donors (Lipinski definition) is 2. The van der Waals surface area contributed by atoms with Gasteiger partial charge in [0.1, 0.15) is 18.7 Å². The maximum absolute atomic E-state index is 10.5. The second kappa shape index (κ2) is 6.90. The summed E-state index contributed by atoms with van der Waals surface area (Å²) in [5.74, 6) is 0.738. The van der Waals surface area contributed by atoms with Gasteiger partial charge in [-0.3, -0.25) is 19.5 Å². The Kier molecular flexibility index (Phi) is 4.95. The average molecular weight is 295 g/mol. The summed E-state index contributed by atoms with van der Waals surface area (Å²) in [6.07, 6.45) is 4.07. The van der Waals surface area contributed by atoms with Gasteiger partial charge in [0.15, 0.2) is 5.82 Å². The van der Waals surface area contributed by atoms with Crippen LogP contribution in [0.25, 0.3) is 0 Å².